The van der Waals surface area contributed by atoms with E-state index in [1.165, 1.54) is 26.0 Å². The van der Waals surface area contributed by atoms with Crippen LogP contribution in [-0.2, 0) is 58.4 Å². The predicted octanol–water partition coefficient (Wildman–Crippen LogP) is -3.29. The number of benzene rings is 1. The maximum Gasteiger partial charge on any atom is 0.524 e. The second kappa shape index (κ2) is 22.8. The number of carbonyl (C=O) groups is 8. The van der Waals surface area contributed by atoms with Crippen LogP contribution in [0.25, 0.3) is 0 Å². The molecule has 25 nitrogen and oxygen atoms in total. The van der Waals surface area contributed by atoms with Gasteiger partial charge in [-0.25, -0.2) is 9.13 Å². The Hall–Kier alpha value is -5.00. The van der Waals surface area contributed by atoms with E-state index in [2.05, 4.69) is 40.9 Å². The number of amides is 6. The summed E-state index contributed by atoms with van der Waals surface area (Å²) >= 11 is 0. The minimum absolute atomic E-state index is 0.240. The molecule has 27 heteroatoms. The Bertz CT molecular complexity index is 1750. The summed E-state index contributed by atoms with van der Waals surface area (Å²) in [6.07, 6.45) is -3.12. The van der Waals surface area contributed by atoms with Crippen molar-refractivity contribution in [1.29, 1.82) is 0 Å². The lowest BCUT2D eigenvalue weighted by Crippen LogP contribution is -2.62. The van der Waals surface area contributed by atoms with Crippen molar-refractivity contribution < 1.29 is 86.3 Å². The SMILES string of the molecule is CC(C)[C@H](NC(=O)[C@@H](NC(=O)[C@H](C)NC(=O)[C@H](CCC(=O)O)NC(=O)CN)[C@@H](C)OP(=O)(O)O)C(=O)N[C@@H](Cc1ccc(OP(=O)(O)O)cc1)C(=O)N[C@@H](C)C(=O)O. The van der Waals surface area contributed by atoms with Crippen molar-refractivity contribution in [2.75, 3.05) is 6.54 Å². The molecule has 58 heavy (non-hydrogen) atoms. The van der Waals surface area contributed by atoms with Crippen LogP contribution in [-0.4, -0.2) is 126 Å². The van der Waals surface area contributed by atoms with Gasteiger partial charge in [-0.15, -0.1) is 0 Å². The molecule has 1 aromatic carbocycles. The van der Waals surface area contributed by atoms with Gasteiger partial charge in [0.15, 0.2) is 0 Å². The molecule has 0 aliphatic carbocycles. The van der Waals surface area contributed by atoms with Crippen molar-refractivity contribution in [3.63, 3.8) is 0 Å². The number of hydrogen-bond acceptors (Lipinski definition) is 13. The summed E-state index contributed by atoms with van der Waals surface area (Å²) in [6.45, 7) is 5.61. The molecule has 0 saturated heterocycles. The fourth-order valence-corrected chi connectivity index (χ4v) is 5.76. The van der Waals surface area contributed by atoms with Crippen LogP contribution in [0, 0.1) is 5.92 Å². The number of rotatable bonds is 24. The van der Waals surface area contributed by atoms with Gasteiger partial charge in [0.1, 0.15) is 42.0 Å². The molecular weight excluding hydrogens is 820 g/mol. The minimum Gasteiger partial charge on any atom is -0.481 e. The number of hydrogen-bond donors (Lipinski definition) is 13. The van der Waals surface area contributed by atoms with Crippen molar-refractivity contribution in [1.82, 2.24) is 31.9 Å². The van der Waals surface area contributed by atoms with Crippen LogP contribution < -0.4 is 42.2 Å². The predicted molar refractivity (Wildman–Crippen MR) is 197 cm³/mol. The molecule has 0 fully saturated rings. The molecule has 0 radical (unpaired) electrons. The Kier molecular flexibility index (Phi) is 20.1. The second-order valence-corrected chi connectivity index (χ2v) is 15.4. The van der Waals surface area contributed by atoms with E-state index >= 15 is 0 Å². The highest BCUT2D eigenvalue weighted by Gasteiger charge is 2.37. The molecule has 0 bridgehead atoms. The number of nitrogens with two attached hydrogens (primary N) is 1. The van der Waals surface area contributed by atoms with E-state index in [1.807, 2.05) is 0 Å². The summed E-state index contributed by atoms with van der Waals surface area (Å²) < 4.78 is 32.0. The standard InChI is InChI=1S/C31H49N7O18P2/c1-14(2)24(29(45)36-21(28(44)34-16(4)31(47)48)12-18-6-8-19(9-7-18)56-58(52,53)54)37-30(46)25(17(5)55-57(49,50)51)38-26(42)15(3)33-27(43)20(10-11-23(40)41)35-22(39)13-32/h6-9,14-17,20-21,24-25H,10-13,32H2,1-5H3,(H,33,43)(H,34,44)(H,35,39)(H,36,45)(H,37,46)(H,38,42)(H,40,41)(H,47,48)(H2,49,50,51)(H2,52,53,54)/t15-,16-,17+,20-,21-,24-,25-/m0/s1. The topological polar surface area (TPSA) is 409 Å². The highest BCUT2D eigenvalue weighted by molar-refractivity contribution is 7.46. The third-order valence-electron chi connectivity index (χ3n) is 7.79. The van der Waals surface area contributed by atoms with Gasteiger partial charge in [0, 0.05) is 12.8 Å². The van der Waals surface area contributed by atoms with Crippen molar-refractivity contribution in [2.24, 2.45) is 11.7 Å². The maximum absolute atomic E-state index is 13.7. The average molecular weight is 870 g/mol. The molecule has 0 aliphatic rings. The van der Waals surface area contributed by atoms with Gasteiger partial charge in [0.05, 0.1) is 12.6 Å². The van der Waals surface area contributed by atoms with E-state index in [9.17, 15) is 62.4 Å². The maximum atomic E-state index is 13.7. The monoisotopic (exact) mass is 869 g/mol. The van der Waals surface area contributed by atoms with Crippen LogP contribution in [0.3, 0.4) is 0 Å². The molecular formula is C31H49N7O18P2. The molecule has 0 heterocycles. The number of nitrogens with one attached hydrogen (secondary N) is 6. The van der Waals surface area contributed by atoms with Gasteiger partial charge >= 0.3 is 27.6 Å². The number of phosphoric ester groups is 2. The zero-order valence-corrected chi connectivity index (χ0v) is 33.6. The molecule has 0 spiro atoms. The summed E-state index contributed by atoms with van der Waals surface area (Å²) in [5, 5.41) is 31.8. The smallest absolute Gasteiger partial charge is 0.481 e. The Morgan fingerprint density at radius 3 is 1.66 bits per heavy atom. The van der Waals surface area contributed by atoms with Gasteiger partial charge in [-0.3, -0.25) is 52.7 Å². The summed E-state index contributed by atoms with van der Waals surface area (Å²) in [6, 6.07) is -4.61. The van der Waals surface area contributed by atoms with Gasteiger partial charge < -0.3 is 62.2 Å². The summed E-state index contributed by atoms with van der Waals surface area (Å²) in [4.78, 5) is 138. The largest absolute Gasteiger partial charge is 0.524 e. The first kappa shape index (κ1) is 51.0. The molecule has 1 rings (SSSR count). The van der Waals surface area contributed by atoms with Crippen molar-refractivity contribution >= 4 is 63.0 Å². The number of carboxylic acid groups (broad SMARTS) is 2. The lowest BCUT2D eigenvalue weighted by atomic mass is 10.00. The second-order valence-electron chi connectivity index (χ2n) is 13.1. The third-order valence-corrected chi connectivity index (χ3v) is 8.84. The quantitative estimate of drug-likeness (QED) is 0.0453. The van der Waals surface area contributed by atoms with Crippen molar-refractivity contribution in [3.05, 3.63) is 29.8 Å². The van der Waals surface area contributed by atoms with E-state index in [4.69, 9.17) is 20.6 Å². The number of phosphoric acid groups is 2. The van der Waals surface area contributed by atoms with Gasteiger partial charge in [-0.05, 0) is 50.8 Å². The minimum atomic E-state index is -5.33. The molecule has 6 amide bonds. The first-order valence-corrected chi connectivity index (χ1v) is 20.2. The van der Waals surface area contributed by atoms with Gasteiger partial charge in [0.2, 0.25) is 35.4 Å². The first-order chi connectivity index (χ1) is 26.6. The highest BCUT2D eigenvalue weighted by Crippen LogP contribution is 2.38. The fraction of sp³-hybridized carbons (Fsp3) is 0.548. The van der Waals surface area contributed by atoms with Gasteiger partial charge in [0.25, 0.3) is 0 Å². The van der Waals surface area contributed by atoms with Crippen LogP contribution in [0.1, 0.15) is 53.0 Å². The summed E-state index contributed by atoms with van der Waals surface area (Å²) in [7, 11) is -10.2. The van der Waals surface area contributed by atoms with Crippen LogP contribution >= 0.6 is 15.6 Å². The van der Waals surface area contributed by atoms with E-state index in [0.29, 0.717) is 0 Å². The number of carbonyl (C=O) groups excluding carboxylic acids is 6. The molecule has 1 aromatic rings. The Labute approximate surface area is 331 Å². The van der Waals surface area contributed by atoms with Crippen LogP contribution in [0.4, 0.5) is 0 Å². The lowest BCUT2D eigenvalue weighted by molar-refractivity contribution is -0.142. The molecule has 0 aromatic heterocycles. The van der Waals surface area contributed by atoms with Crippen molar-refractivity contribution in [3.8, 4) is 5.75 Å². The van der Waals surface area contributed by atoms with E-state index in [-0.39, 0.29) is 17.7 Å². The van der Waals surface area contributed by atoms with Crippen LogP contribution in [0.2, 0.25) is 0 Å². The van der Waals surface area contributed by atoms with Gasteiger partial charge in [-0.1, -0.05) is 26.0 Å². The molecule has 326 valence electrons. The average Bonchev–Trinajstić information content (AvgIpc) is 3.09. The lowest BCUT2D eigenvalue weighted by Gasteiger charge is -2.30. The molecule has 0 saturated carbocycles. The van der Waals surface area contributed by atoms with E-state index < -0.39 is 131 Å². The zero-order valence-electron chi connectivity index (χ0n) is 31.8. The van der Waals surface area contributed by atoms with E-state index in [1.54, 1.807) is 0 Å². The normalized spacial score (nSPS) is 15.2. The van der Waals surface area contributed by atoms with Crippen LogP contribution in [0.5, 0.6) is 5.75 Å². The van der Waals surface area contributed by atoms with Gasteiger partial charge in [-0.2, -0.15) is 0 Å². The number of carboxylic acids is 2. The third kappa shape index (κ3) is 19.0. The highest BCUT2D eigenvalue weighted by atomic mass is 31.2. The molecule has 0 aliphatic heterocycles. The summed E-state index contributed by atoms with van der Waals surface area (Å²) in [5.41, 5.74) is 5.54. The van der Waals surface area contributed by atoms with Crippen LogP contribution in [0.15, 0.2) is 24.3 Å². The number of aliphatic carboxylic acids is 2. The zero-order chi connectivity index (χ0) is 44.7. The summed E-state index contributed by atoms with van der Waals surface area (Å²) in [5.74, 6) is -10.0. The molecule has 0 unspecified atom stereocenters. The van der Waals surface area contributed by atoms with Crippen molar-refractivity contribution in [2.45, 2.75) is 96.2 Å². The Morgan fingerprint density at radius 2 is 1.17 bits per heavy atom. The molecule has 7 atom stereocenters. The Morgan fingerprint density at radius 1 is 0.655 bits per heavy atom. The first-order valence-electron chi connectivity index (χ1n) is 17.2. The Balaban J connectivity index is 3.38. The van der Waals surface area contributed by atoms with E-state index in [0.717, 1.165) is 32.9 Å². The molecule has 14 N–H and O–H groups in total. The fourth-order valence-electron chi connectivity index (χ4n) is 4.81.